The first-order chi connectivity index (χ1) is 15.6. The van der Waals surface area contributed by atoms with Crippen LogP contribution in [0.1, 0.15) is 80.7 Å². The quantitative estimate of drug-likeness (QED) is 0.507. The Morgan fingerprint density at radius 2 is 1.97 bits per heavy atom. The molecule has 0 saturated heterocycles. The number of nitrogens with one attached hydrogen (secondary N) is 1. The molecule has 33 heavy (non-hydrogen) atoms. The van der Waals surface area contributed by atoms with E-state index in [0.29, 0.717) is 17.7 Å². The number of aromatic nitrogens is 1. The zero-order valence-electron chi connectivity index (χ0n) is 18.8. The summed E-state index contributed by atoms with van der Waals surface area (Å²) in [6.45, 7) is 4.07. The topological polar surface area (TPSA) is 71.5 Å². The number of halogens is 3. The van der Waals surface area contributed by atoms with Gasteiger partial charge in [0.1, 0.15) is 12.4 Å². The van der Waals surface area contributed by atoms with Gasteiger partial charge in [0, 0.05) is 41.2 Å². The number of rotatable bonds is 7. The van der Waals surface area contributed by atoms with Gasteiger partial charge in [-0.1, -0.05) is 26.7 Å². The van der Waals surface area contributed by atoms with E-state index in [4.69, 9.17) is 9.84 Å². The van der Waals surface area contributed by atoms with Crippen LogP contribution in [-0.2, 0) is 23.0 Å². The lowest BCUT2D eigenvalue weighted by Gasteiger charge is -2.27. The number of ether oxygens (including phenoxy) is 1. The molecule has 1 atom stereocenters. The molecule has 1 aromatic heterocycles. The highest BCUT2D eigenvalue weighted by Gasteiger charge is 2.40. The molecule has 2 N–H and O–H groups in total. The predicted octanol–water partition coefficient (Wildman–Crippen LogP) is 6.27. The smallest absolute Gasteiger partial charge is 0.418 e. The van der Waals surface area contributed by atoms with Gasteiger partial charge in [0.2, 0.25) is 0 Å². The molecule has 1 aromatic carbocycles. The van der Waals surface area contributed by atoms with Gasteiger partial charge in [-0.25, -0.2) is 0 Å². The molecule has 2 aromatic rings. The number of carboxylic acid groups (broad SMARTS) is 1. The van der Waals surface area contributed by atoms with Gasteiger partial charge < -0.3 is 15.2 Å². The second-order valence-electron chi connectivity index (χ2n) is 9.60. The van der Waals surface area contributed by atoms with E-state index in [9.17, 15) is 18.0 Å². The number of hydrogen-bond donors (Lipinski definition) is 2. The van der Waals surface area contributed by atoms with Crippen molar-refractivity contribution in [2.75, 3.05) is 5.32 Å². The minimum absolute atomic E-state index is 0.0177. The van der Waals surface area contributed by atoms with E-state index in [1.165, 1.54) is 12.3 Å². The number of pyridine rings is 1. The number of alkyl halides is 3. The third-order valence-electron chi connectivity index (χ3n) is 6.96. The van der Waals surface area contributed by atoms with Crippen LogP contribution in [-0.4, -0.2) is 22.1 Å². The molecule has 1 aliphatic heterocycles. The maximum absolute atomic E-state index is 13.7. The van der Waals surface area contributed by atoms with Crippen LogP contribution in [0.25, 0.3) is 0 Å². The van der Waals surface area contributed by atoms with Gasteiger partial charge in [0.25, 0.3) is 0 Å². The molecule has 0 spiro atoms. The highest BCUT2D eigenvalue weighted by Crippen LogP contribution is 2.44. The fraction of sp³-hybridized carbons (Fsp3) is 0.520. The van der Waals surface area contributed by atoms with Crippen molar-refractivity contribution in [1.82, 2.24) is 4.98 Å². The second kappa shape index (κ2) is 8.88. The lowest BCUT2D eigenvalue weighted by molar-refractivity contribution is -0.139. The summed E-state index contributed by atoms with van der Waals surface area (Å²) in [6, 6.07) is 6.66. The van der Waals surface area contributed by atoms with Crippen molar-refractivity contribution >= 4 is 11.7 Å². The van der Waals surface area contributed by atoms with Crippen LogP contribution in [0.3, 0.4) is 0 Å². The summed E-state index contributed by atoms with van der Waals surface area (Å²) in [5, 5.41) is 12.4. The summed E-state index contributed by atoms with van der Waals surface area (Å²) in [6.07, 6.45) is 0.982. The fourth-order valence-corrected chi connectivity index (χ4v) is 5.04. The maximum Gasteiger partial charge on any atom is 0.418 e. The first kappa shape index (κ1) is 23.4. The molecule has 2 heterocycles. The predicted molar refractivity (Wildman–Crippen MR) is 119 cm³/mol. The lowest BCUT2D eigenvalue weighted by atomic mass is 9.79. The van der Waals surface area contributed by atoms with Gasteiger partial charge in [-0.2, -0.15) is 13.2 Å². The fourth-order valence-electron chi connectivity index (χ4n) is 5.04. The van der Waals surface area contributed by atoms with Crippen LogP contribution in [0, 0.1) is 0 Å². The van der Waals surface area contributed by atoms with Crippen molar-refractivity contribution < 1.29 is 27.8 Å². The van der Waals surface area contributed by atoms with E-state index in [0.717, 1.165) is 36.9 Å². The van der Waals surface area contributed by atoms with E-state index >= 15 is 0 Å². The molecule has 2 aliphatic rings. The molecular formula is C25H29F3N2O3. The summed E-state index contributed by atoms with van der Waals surface area (Å²) in [4.78, 5) is 15.2. The number of hydrogen-bond acceptors (Lipinski definition) is 4. The number of carbonyl (C=O) groups is 1. The molecule has 1 unspecified atom stereocenters. The maximum atomic E-state index is 13.7. The molecule has 178 valence electrons. The Morgan fingerprint density at radius 3 is 2.64 bits per heavy atom. The van der Waals surface area contributed by atoms with Crippen molar-refractivity contribution in [3.05, 3.63) is 52.8 Å². The Kier molecular flexibility index (Phi) is 6.29. The van der Waals surface area contributed by atoms with Gasteiger partial charge in [-0.3, -0.25) is 9.78 Å². The Bertz CT molecular complexity index is 1030. The van der Waals surface area contributed by atoms with Crippen molar-refractivity contribution in [2.24, 2.45) is 0 Å². The van der Waals surface area contributed by atoms with Gasteiger partial charge in [0.15, 0.2) is 0 Å². The zero-order chi connectivity index (χ0) is 23.8. The zero-order valence-corrected chi connectivity index (χ0v) is 18.8. The molecule has 0 amide bonds. The summed E-state index contributed by atoms with van der Waals surface area (Å²) >= 11 is 0. The molecule has 0 bridgehead atoms. The van der Waals surface area contributed by atoms with Gasteiger partial charge in [-0.15, -0.1) is 0 Å². The SMILES string of the molecule is CC1(C)c2cc(OCc3cnc(C4CCCC4)c(C(F)(F)F)c3)ccc2NC1CCC(=O)O. The van der Waals surface area contributed by atoms with Crippen molar-refractivity contribution in [1.29, 1.82) is 0 Å². The minimum Gasteiger partial charge on any atom is -0.489 e. The van der Waals surface area contributed by atoms with Crippen LogP contribution in [0.5, 0.6) is 5.75 Å². The summed E-state index contributed by atoms with van der Waals surface area (Å²) in [5.41, 5.74) is 1.49. The molecule has 0 radical (unpaired) electrons. The molecule has 1 fully saturated rings. The van der Waals surface area contributed by atoms with Crippen LogP contribution in [0.15, 0.2) is 30.5 Å². The number of aliphatic carboxylic acids is 1. The Morgan fingerprint density at radius 1 is 1.24 bits per heavy atom. The third kappa shape index (κ3) is 4.94. The largest absolute Gasteiger partial charge is 0.489 e. The highest BCUT2D eigenvalue weighted by molar-refractivity contribution is 5.68. The average molecular weight is 463 g/mol. The van der Waals surface area contributed by atoms with E-state index < -0.39 is 17.7 Å². The molecule has 5 nitrogen and oxygen atoms in total. The molecular weight excluding hydrogens is 433 g/mol. The lowest BCUT2D eigenvalue weighted by Crippen LogP contribution is -2.33. The minimum atomic E-state index is -4.45. The van der Waals surface area contributed by atoms with E-state index in [2.05, 4.69) is 10.3 Å². The van der Waals surface area contributed by atoms with Gasteiger partial charge >= 0.3 is 12.1 Å². The number of anilines is 1. The van der Waals surface area contributed by atoms with Crippen LogP contribution >= 0.6 is 0 Å². The first-order valence-electron chi connectivity index (χ1n) is 11.4. The second-order valence-corrected chi connectivity index (χ2v) is 9.60. The molecule has 1 aliphatic carbocycles. The molecule has 1 saturated carbocycles. The average Bonchev–Trinajstić information content (AvgIpc) is 3.37. The van der Waals surface area contributed by atoms with Crippen LogP contribution < -0.4 is 10.1 Å². The Balaban J connectivity index is 1.49. The summed E-state index contributed by atoms with van der Waals surface area (Å²) in [5.74, 6) is -0.411. The van der Waals surface area contributed by atoms with E-state index in [-0.39, 0.29) is 36.1 Å². The summed E-state index contributed by atoms with van der Waals surface area (Å²) < 4.78 is 47.0. The number of benzene rings is 1. The van der Waals surface area contributed by atoms with Gasteiger partial charge in [-0.05, 0) is 49.1 Å². The van der Waals surface area contributed by atoms with E-state index in [1.54, 1.807) is 6.07 Å². The number of carboxylic acids is 1. The van der Waals surface area contributed by atoms with Crippen LogP contribution in [0.4, 0.5) is 18.9 Å². The Hall–Kier alpha value is -2.77. The first-order valence-corrected chi connectivity index (χ1v) is 11.4. The number of nitrogens with zero attached hydrogens (tertiary/aromatic N) is 1. The van der Waals surface area contributed by atoms with Crippen LogP contribution in [0.2, 0.25) is 0 Å². The number of fused-ring (bicyclic) bond motifs is 1. The van der Waals surface area contributed by atoms with Crippen molar-refractivity contribution in [3.8, 4) is 5.75 Å². The molecule has 8 heteroatoms. The summed E-state index contributed by atoms with van der Waals surface area (Å²) in [7, 11) is 0. The molecule has 4 rings (SSSR count). The van der Waals surface area contributed by atoms with Gasteiger partial charge in [0.05, 0.1) is 11.3 Å². The standard InChI is InChI=1S/C25H29F3N2O3/c1-24(2)18-12-17(7-8-20(18)30-21(24)9-10-22(31)32)33-14-15-11-19(25(26,27)28)23(29-13-15)16-5-3-4-6-16/h7-8,11-13,16,21,30H,3-6,9-10,14H2,1-2H3,(H,31,32). The Labute approximate surface area is 191 Å². The van der Waals surface area contributed by atoms with Crippen molar-refractivity contribution in [3.63, 3.8) is 0 Å². The van der Waals surface area contributed by atoms with E-state index in [1.807, 2.05) is 26.0 Å². The monoisotopic (exact) mass is 462 g/mol. The normalized spacial score (nSPS) is 19.8. The van der Waals surface area contributed by atoms with Crippen molar-refractivity contribution in [2.45, 2.75) is 82.5 Å². The third-order valence-corrected chi connectivity index (χ3v) is 6.96. The highest BCUT2D eigenvalue weighted by atomic mass is 19.4.